The van der Waals surface area contributed by atoms with Crippen LogP contribution in [0.3, 0.4) is 0 Å². The van der Waals surface area contributed by atoms with Gasteiger partial charge in [-0.2, -0.15) is 5.26 Å². The first-order valence-corrected chi connectivity index (χ1v) is 14.3. The van der Waals surface area contributed by atoms with E-state index in [1.165, 1.54) is 6.20 Å². The van der Waals surface area contributed by atoms with E-state index in [1.807, 2.05) is 35.2 Å². The van der Waals surface area contributed by atoms with Crippen molar-refractivity contribution in [2.24, 2.45) is 0 Å². The number of ether oxygens (including phenoxy) is 2. The number of carbonyl (C=O) groups is 1. The van der Waals surface area contributed by atoms with Gasteiger partial charge in [-0.15, -0.1) is 0 Å². The van der Waals surface area contributed by atoms with E-state index >= 15 is 0 Å². The Bertz CT molecular complexity index is 1590. The molecule has 0 spiro atoms. The number of likely N-dealkylation sites (tertiary alicyclic amines) is 1. The molecule has 1 saturated heterocycles. The van der Waals surface area contributed by atoms with E-state index < -0.39 is 12.0 Å². The van der Waals surface area contributed by atoms with Crippen LogP contribution in [0.4, 0.5) is 0 Å². The van der Waals surface area contributed by atoms with Gasteiger partial charge in [0.2, 0.25) is 0 Å². The molecular weight excluding hydrogens is 606 g/mol. The highest BCUT2D eigenvalue weighted by molar-refractivity contribution is 9.10. The first kappa shape index (κ1) is 28.6. The number of halogens is 2. The van der Waals surface area contributed by atoms with Gasteiger partial charge in [0, 0.05) is 46.2 Å². The summed E-state index contributed by atoms with van der Waals surface area (Å²) in [4.78, 5) is 17.8. The number of benzene rings is 3. The Morgan fingerprint density at radius 2 is 1.85 bits per heavy atom. The molecule has 0 radical (unpaired) electrons. The summed E-state index contributed by atoms with van der Waals surface area (Å²) in [5.74, 6) is 0.140. The van der Waals surface area contributed by atoms with Crippen LogP contribution in [0.25, 0.3) is 11.1 Å². The van der Waals surface area contributed by atoms with Crippen LogP contribution in [0.2, 0.25) is 5.02 Å². The molecular formula is C32H27BrClN3O4. The molecule has 208 valence electrons. The number of hydrogen-bond acceptors (Lipinski definition) is 6. The molecule has 1 aliphatic rings. The zero-order valence-corrected chi connectivity index (χ0v) is 24.4. The molecule has 0 saturated carbocycles. The van der Waals surface area contributed by atoms with Crippen LogP contribution in [0.15, 0.2) is 83.6 Å². The van der Waals surface area contributed by atoms with Crippen molar-refractivity contribution in [2.75, 3.05) is 6.54 Å². The van der Waals surface area contributed by atoms with Crippen LogP contribution in [-0.2, 0) is 24.6 Å². The van der Waals surface area contributed by atoms with Crippen molar-refractivity contribution in [1.82, 2.24) is 9.88 Å². The maximum atomic E-state index is 11.8. The molecule has 2 heterocycles. The molecule has 1 fully saturated rings. The summed E-state index contributed by atoms with van der Waals surface area (Å²) < 4.78 is 13.3. The van der Waals surface area contributed by atoms with Gasteiger partial charge in [0.05, 0.1) is 10.6 Å². The molecule has 1 aliphatic heterocycles. The lowest BCUT2D eigenvalue weighted by Gasteiger charge is -2.23. The summed E-state index contributed by atoms with van der Waals surface area (Å²) in [7, 11) is 0. The molecule has 3 aromatic carbocycles. The van der Waals surface area contributed by atoms with Gasteiger partial charge < -0.3 is 14.6 Å². The molecule has 9 heteroatoms. The Balaban J connectivity index is 1.40. The van der Waals surface area contributed by atoms with Crippen molar-refractivity contribution in [3.63, 3.8) is 0 Å². The summed E-state index contributed by atoms with van der Waals surface area (Å²) in [6.07, 6.45) is 4.55. The van der Waals surface area contributed by atoms with E-state index in [9.17, 15) is 15.2 Å². The minimum atomic E-state index is -0.835. The molecule has 0 amide bonds. The Hall–Kier alpha value is -3.90. The van der Waals surface area contributed by atoms with Crippen LogP contribution in [-0.4, -0.2) is 33.5 Å². The second-order valence-electron chi connectivity index (χ2n) is 9.77. The third kappa shape index (κ3) is 6.88. The van der Waals surface area contributed by atoms with E-state index in [0.29, 0.717) is 41.6 Å². The van der Waals surface area contributed by atoms with Gasteiger partial charge in [0.1, 0.15) is 36.8 Å². The summed E-state index contributed by atoms with van der Waals surface area (Å²) in [6.45, 7) is 1.48. The second kappa shape index (κ2) is 13.2. The van der Waals surface area contributed by atoms with Crippen molar-refractivity contribution in [1.29, 1.82) is 5.26 Å². The van der Waals surface area contributed by atoms with E-state index in [0.717, 1.165) is 38.7 Å². The summed E-state index contributed by atoms with van der Waals surface area (Å²) >= 11 is 10.4. The van der Waals surface area contributed by atoms with E-state index in [1.54, 1.807) is 24.4 Å². The minimum absolute atomic E-state index is 0.170. The van der Waals surface area contributed by atoms with Crippen molar-refractivity contribution in [3.8, 4) is 28.7 Å². The average Bonchev–Trinajstić information content (AvgIpc) is 3.46. The van der Waals surface area contributed by atoms with Gasteiger partial charge in [-0.05, 0) is 58.6 Å². The molecule has 7 nitrogen and oxygen atoms in total. The van der Waals surface area contributed by atoms with Gasteiger partial charge in [-0.1, -0.05) is 60.1 Å². The lowest BCUT2D eigenvalue weighted by atomic mass is 10.0. The first-order chi connectivity index (χ1) is 19.9. The first-order valence-electron chi connectivity index (χ1n) is 13.1. The fourth-order valence-corrected chi connectivity index (χ4v) is 5.78. The molecule has 1 N–H and O–H groups in total. The number of aromatic nitrogens is 1. The van der Waals surface area contributed by atoms with Crippen LogP contribution in [0.5, 0.6) is 11.5 Å². The number of pyridine rings is 1. The van der Waals surface area contributed by atoms with Crippen LogP contribution in [0.1, 0.15) is 35.1 Å². The topological polar surface area (TPSA) is 95.7 Å². The van der Waals surface area contributed by atoms with Crippen molar-refractivity contribution in [2.45, 2.75) is 38.6 Å². The van der Waals surface area contributed by atoms with Crippen LogP contribution in [0, 0.1) is 11.3 Å². The smallest absolute Gasteiger partial charge is 0.320 e. The number of carboxylic acids is 1. The number of carboxylic acid groups (broad SMARTS) is 1. The lowest BCUT2D eigenvalue weighted by Crippen LogP contribution is -2.35. The summed E-state index contributed by atoms with van der Waals surface area (Å²) in [5.41, 5.74) is 5.04. The minimum Gasteiger partial charge on any atom is -0.488 e. The maximum Gasteiger partial charge on any atom is 0.320 e. The van der Waals surface area contributed by atoms with Crippen LogP contribution < -0.4 is 9.47 Å². The molecule has 41 heavy (non-hydrogen) atoms. The predicted molar refractivity (Wildman–Crippen MR) is 160 cm³/mol. The fourth-order valence-electron chi connectivity index (χ4n) is 4.93. The predicted octanol–water partition coefficient (Wildman–Crippen LogP) is 7.24. The molecule has 1 atom stereocenters. The lowest BCUT2D eigenvalue weighted by molar-refractivity contribution is -0.142. The fraction of sp³-hybridized carbons (Fsp3) is 0.219. The molecule has 5 rings (SSSR count). The molecule has 4 aromatic rings. The quantitative estimate of drug-likeness (QED) is 0.197. The molecule has 1 aromatic heterocycles. The standard InChI is InChI=1S/C32H27BrClN3O4/c33-31-24(8-4-9-26(31)23-6-2-1-3-7-23)20-41-30-14-29(40-19-22-12-21(15-35)16-36-17-22)25(13-27(30)34)18-37-11-5-10-28(37)32(38)39/h1-4,6-9,12-14,16-17,28H,5,10-11,18-20H2,(H,38,39)/t28-/m0/s1. The molecule has 0 bridgehead atoms. The Morgan fingerprint density at radius 1 is 1.05 bits per heavy atom. The van der Waals surface area contributed by atoms with Gasteiger partial charge in [0.15, 0.2) is 0 Å². The van der Waals surface area contributed by atoms with E-state index in [4.69, 9.17) is 21.1 Å². The summed E-state index contributed by atoms with van der Waals surface area (Å²) in [5, 5.41) is 19.3. The largest absolute Gasteiger partial charge is 0.488 e. The highest BCUT2D eigenvalue weighted by atomic mass is 79.9. The van der Waals surface area contributed by atoms with Crippen molar-refractivity contribution in [3.05, 3.63) is 111 Å². The zero-order chi connectivity index (χ0) is 28.8. The number of nitriles is 1. The highest BCUT2D eigenvalue weighted by Gasteiger charge is 2.31. The zero-order valence-electron chi connectivity index (χ0n) is 22.1. The average molecular weight is 633 g/mol. The van der Waals surface area contributed by atoms with Gasteiger partial charge in [0.25, 0.3) is 0 Å². The number of rotatable bonds is 10. The Kier molecular flexibility index (Phi) is 9.20. The SMILES string of the molecule is N#Cc1cncc(COc2cc(OCc3cccc(-c4ccccc4)c3Br)c(Cl)cc2CN2CCC[C@H]2C(=O)O)c1. The van der Waals surface area contributed by atoms with Crippen LogP contribution >= 0.6 is 27.5 Å². The third-order valence-electron chi connectivity index (χ3n) is 7.00. The van der Waals surface area contributed by atoms with E-state index in [2.05, 4.69) is 45.2 Å². The third-order valence-corrected chi connectivity index (χ3v) is 8.23. The van der Waals surface area contributed by atoms with E-state index in [-0.39, 0.29) is 13.2 Å². The van der Waals surface area contributed by atoms with Gasteiger partial charge >= 0.3 is 5.97 Å². The molecule has 0 aliphatic carbocycles. The monoisotopic (exact) mass is 631 g/mol. The second-order valence-corrected chi connectivity index (χ2v) is 11.0. The normalized spacial score (nSPS) is 14.9. The molecule has 0 unspecified atom stereocenters. The van der Waals surface area contributed by atoms with Crippen molar-refractivity contribution < 1.29 is 19.4 Å². The van der Waals surface area contributed by atoms with Gasteiger partial charge in [-0.25, -0.2) is 0 Å². The maximum absolute atomic E-state index is 11.8. The number of aliphatic carboxylic acids is 1. The Morgan fingerprint density at radius 3 is 2.63 bits per heavy atom. The number of hydrogen-bond donors (Lipinski definition) is 1. The highest BCUT2D eigenvalue weighted by Crippen LogP contribution is 2.37. The van der Waals surface area contributed by atoms with Gasteiger partial charge in [-0.3, -0.25) is 14.7 Å². The van der Waals surface area contributed by atoms with Crippen molar-refractivity contribution >= 4 is 33.5 Å². The number of nitrogens with zero attached hydrogens (tertiary/aromatic N) is 3. The Labute approximate surface area is 252 Å². The summed E-state index contributed by atoms with van der Waals surface area (Å²) in [6, 6.07) is 22.9.